The van der Waals surface area contributed by atoms with Crippen molar-refractivity contribution in [2.75, 3.05) is 19.8 Å². The molecule has 1 amide bonds. The van der Waals surface area contributed by atoms with Crippen molar-refractivity contribution < 1.29 is 24.2 Å². The minimum absolute atomic E-state index is 0.0288. The third-order valence-corrected chi connectivity index (χ3v) is 12.0. The van der Waals surface area contributed by atoms with Gasteiger partial charge in [-0.1, -0.05) is 13.8 Å². The fourth-order valence-corrected chi connectivity index (χ4v) is 9.96. The number of morpholine rings is 1. The van der Waals surface area contributed by atoms with Gasteiger partial charge in [0.2, 0.25) is 0 Å². The lowest BCUT2D eigenvalue weighted by molar-refractivity contribution is -0.205. The number of rotatable bonds is 2. The zero-order chi connectivity index (χ0) is 25.3. The third kappa shape index (κ3) is 3.44. The van der Waals surface area contributed by atoms with Crippen LogP contribution in [0.15, 0.2) is 27.6 Å². The van der Waals surface area contributed by atoms with E-state index in [4.69, 9.17) is 9.15 Å². The molecule has 0 spiro atoms. The third-order valence-electron chi connectivity index (χ3n) is 12.0. The van der Waals surface area contributed by atoms with E-state index in [0.29, 0.717) is 43.4 Å². The molecule has 5 fully saturated rings. The van der Waals surface area contributed by atoms with Crippen molar-refractivity contribution in [1.82, 2.24) is 4.90 Å². The van der Waals surface area contributed by atoms with Gasteiger partial charge in [0.25, 0.3) is 0 Å². The largest absolute Gasteiger partial charge is 0.465 e. The number of hydrogen-bond donors (Lipinski definition) is 2. The maximum atomic E-state index is 12.4. The molecule has 4 saturated carbocycles. The molecule has 5 aliphatic rings. The highest BCUT2D eigenvalue weighted by Crippen LogP contribution is 2.70. The molecule has 1 aromatic heterocycles. The van der Waals surface area contributed by atoms with Crippen LogP contribution in [0, 0.1) is 34.5 Å². The first-order valence-corrected chi connectivity index (χ1v) is 14.1. The van der Waals surface area contributed by atoms with Crippen molar-refractivity contribution in [3.8, 4) is 0 Å². The number of nitrogens with zero attached hydrogens (tertiary/aromatic N) is 1. The highest BCUT2D eigenvalue weighted by atomic mass is 16.5. The molecule has 1 unspecified atom stereocenters. The summed E-state index contributed by atoms with van der Waals surface area (Å²) in [6.45, 7) is 6.24. The molecular weight excluding hydrogens is 458 g/mol. The van der Waals surface area contributed by atoms with Crippen molar-refractivity contribution >= 4 is 6.09 Å². The predicted molar refractivity (Wildman–Crippen MR) is 134 cm³/mol. The number of amides is 1. The Morgan fingerprint density at radius 3 is 2.64 bits per heavy atom. The van der Waals surface area contributed by atoms with Crippen LogP contribution in [0.5, 0.6) is 0 Å². The summed E-state index contributed by atoms with van der Waals surface area (Å²) in [5.74, 6) is 1.94. The molecule has 9 atom stereocenters. The van der Waals surface area contributed by atoms with Crippen molar-refractivity contribution in [2.24, 2.45) is 34.5 Å². The van der Waals surface area contributed by atoms with Gasteiger partial charge in [-0.25, -0.2) is 9.59 Å². The van der Waals surface area contributed by atoms with Gasteiger partial charge < -0.3 is 24.3 Å². The van der Waals surface area contributed by atoms with Crippen LogP contribution in [0.3, 0.4) is 0 Å². The van der Waals surface area contributed by atoms with E-state index in [-0.39, 0.29) is 28.4 Å². The van der Waals surface area contributed by atoms with Crippen LogP contribution >= 0.6 is 0 Å². The van der Waals surface area contributed by atoms with Gasteiger partial charge in [0.15, 0.2) is 0 Å². The zero-order valence-corrected chi connectivity index (χ0v) is 21.7. The Bertz CT molecular complexity index is 1050. The summed E-state index contributed by atoms with van der Waals surface area (Å²) in [4.78, 5) is 25.0. The molecule has 1 aromatic rings. The molecule has 0 bridgehead atoms. The van der Waals surface area contributed by atoms with E-state index in [9.17, 15) is 19.8 Å². The maximum Gasteiger partial charge on any atom is 0.407 e. The molecule has 1 aliphatic heterocycles. The first kappa shape index (κ1) is 24.5. The van der Waals surface area contributed by atoms with Crippen molar-refractivity contribution in [1.29, 1.82) is 0 Å². The van der Waals surface area contributed by atoms with Gasteiger partial charge in [-0.3, -0.25) is 0 Å². The molecule has 0 aromatic carbocycles. The lowest BCUT2D eigenvalue weighted by Gasteiger charge is -2.64. The van der Waals surface area contributed by atoms with E-state index < -0.39 is 11.7 Å². The first-order chi connectivity index (χ1) is 17.2. The Hall–Kier alpha value is -1.86. The molecule has 2 heterocycles. The monoisotopic (exact) mass is 499 g/mol. The highest BCUT2D eigenvalue weighted by Gasteiger charge is 2.67. The number of carbonyl (C=O) groups is 1. The van der Waals surface area contributed by atoms with Crippen LogP contribution in [0.2, 0.25) is 0 Å². The second kappa shape index (κ2) is 8.59. The number of aliphatic hydroxyl groups is 1. The molecule has 198 valence electrons. The Kier molecular flexibility index (Phi) is 5.84. The van der Waals surface area contributed by atoms with Gasteiger partial charge in [-0.2, -0.15) is 0 Å². The van der Waals surface area contributed by atoms with Crippen molar-refractivity contribution in [3.05, 3.63) is 34.4 Å². The van der Waals surface area contributed by atoms with E-state index in [1.807, 2.05) is 6.07 Å². The van der Waals surface area contributed by atoms with Crippen LogP contribution in [0.4, 0.5) is 4.79 Å². The van der Waals surface area contributed by atoms with Crippen molar-refractivity contribution in [2.45, 2.75) is 89.2 Å². The van der Waals surface area contributed by atoms with Crippen LogP contribution in [-0.4, -0.2) is 52.6 Å². The minimum atomic E-state index is -0.817. The fourth-order valence-electron chi connectivity index (χ4n) is 9.96. The second-order valence-electron chi connectivity index (χ2n) is 13.0. The molecule has 2 N–H and O–H groups in total. The summed E-state index contributed by atoms with van der Waals surface area (Å²) in [6, 6.07) is 3.38. The van der Waals surface area contributed by atoms with E-state index in [1.54, 1.807) is 11.2 Å². The Labute approximate surface area is 213 Å². The van der Waals surface area contributed by atoms with Crippen LogP contribution < -0.4 is 5.63 Å². The van der Waals surface area contributed by atoms with Gasteiger partial charge in [0.05, 0.1) is 31.1 Å². The van der Waals surface area contributed by atoms with E-state index in [2.05, 4.69) is 13.8 Å². The second-order valence-corrected chi connectivity index (χ2v) is 13.0. The lowest BCUT2D eigenvalue weighted by Crippen LogP contribution is -2.62. The van der Waals surface area contributed by atoms with Gasteiger partial charge in [0, 0.05) is 18.0 Å². The number of hydrogen-bond acceptors (Lipinski definition) is 5. The van der Waals surface area contributed by atoms with Gasteiger partial charge in [-0.15, -0.1) is 0 Å². The van der Waals surface area contributed by atoms with E-state index >= 15 is 0 Å². The fraction of sp³-hybridized carbons (Fsp3) is 0.793. The normalized spacial score (nSPS) is 46.5. The first-order valence-electron chi connectivity index (χ1n) is 14.1. The summed E-state index contributed by atoms with van der Waals surface area (Å²) in [5.41, 5.74) is 0.00506. The Morgan fingerprint density at radius 2 is 1.89 bits per heavy atom. The molecular formula is C29H41NO6. The number of fused-ring (bicyclic) bond motifs is 5. The summed E-state index contributed by atoms with van der Waals surface area (Å²) < 4.78 is 10.9. The van der Waals surface area contributed by atoms with Crippen LogP contribution in [0.25, 0.3) is 0 Å². The van der Waals surface area contributed by atoms with Crippen molar-refractivity contribution in [3.63, 3.8) is 0 Å². The molecule has 7 nitrogen and oxygen atoms in total. The molecule has 0 radical (unpaired) electrons. The predicted octanol–water partition coefficient (Wildman–Crippen LogP) is 4.88. The molecule has 7 heteroatoms. The molecule has 36 heavy (non-hydrogen) atoms. The van der Waals surface area contributed by atoms with Crippen LogP contribution in [0.1, 0.15) is 83.1 Å². The van der Waals surface area contributed by atoms with E-state index in [0.717, 1.165) is 63.4 Å². The average Bonchev–Trinajstić information content (AvgIpc) is 3.15. The van der Waals surface area contributed by atoms with Gasteiger partial charge in [-0.05, 0) is 104 Å². The summed E-state index contributed by atoms with van der Waals surface area (Å²) >= 11 is 0. The van der Waals surface area contributed by atoms with Crippen LogP contribution in [-0.2, 0) is 4.74 Å². The Balaban J connectivity index is 1.23. The number of ether oxygens (including phenoxy) is 1. The standard InChI is InChI=1S/C29H41NO6/c1-27-10-7-18(24-17-35-14-13-30(24)26(32)33)15-20(27)4-5-23-22(27)8-11-28(2)21(9-12-29(23,28)34)19-3-6-25(31)36-16-19/h3,6,16,18,20-24,34H,4-5,7-15,17H2,1-2H3,(H,32,33)/t18?,20-,21-,22+,23-,24-,27+,28-,29+/m1/s1. The molecule has 4 aliphatic carbocycles. The van der Waals surface area contributed by atoms with Gasteiger partial charge >= 0.3 is 11.7 Å². The minimum Gasteiger partial charge on any atom is -0.465 e. The highest BCUT2D eigenvalue weighted by molar-refractivity contribution is 5.65. The summed E-state index contributed by atoms with van der Waals surface area (Å²) in [6.07, 6.45) is 10.0. The topological polar surface area (TPSA) is 100 Å². The Morgan fingerprint density at radius 1 is 1.06 bits per heavy atom. The summed E-state index contributed by atoms with van der Waals surface area (Å²) in [7, 11) is 0. The van der Waals surface area contributed by atoms with Gasteiger partial charge in [0.1, 0.15) is 0 Å². The SMILES string of the molecule is C[C@]12CCC([C@H]3COCCN3C(=O)O)C[C@H]1CC[C@@H]1[C@@H]2CC[C@]2(C)[C@@H](c3ccc(=O)oc3)CC[C@]12O. The quantitative estimate of drug-likeness (QED) is 0.602. The number of carboxylic acid groups (broad SMARTS) is 1. The summed E-state index contributed by atoms with van der Waals surface area (Å²) in [5, 5.41) is 22.2. The lowest BCUT2D eigenvalue weighted by atomic mass is 9.42. The zero-order valence-electron chi connectivity index (χ0n) is 21.7. The molecule has 1 saturated heterocycles. The smallest absolute Gasteiger partial charge is 0.407 e. The van der Waals surface area contributed by atoms with E-state index in [1.165, 1.54) is 6.07 Å². The maximum absolute atomic E-state index is 12.4. The molecule has 6 rings (SSSR count). The average molecular weight is 500 g/mol.